The van der Waals surface area contributed by atoms with E-state index < -0.39 is 6.10 Å². The molecular formula is C10H11BrClNO2. The molecule has 0 fully saturated rings. The molecule has 2 N–H and O–H groups in total. The van der Waals surface area contributed by atoms with Crippen LogP contribution < -0.4 is 5.32 Å². The number of carbonyl (C=O) groups is 1. The maximum absolute atomic E-state index is 11.5. The summed E-state index contributed by atoms with van der Waals surface area (Å²) in [5.74, 6) is -0.245. The molecule has 0 spiro atoms. The van der Waals surface area contributed by atoms with E-state index in [4.69, 9.17) is 16.7 Å². The van der Waals surface area contributed by atoms with Crippen molar-refractivity contribution in [3.63, 3.8) is 0 Å². The number of carbonyl (C=O) groups excluding carboxylic acids is 1. The zero-order valence-electron chi connectivity index (χ0n) is 8.13. The summed E-state index contributed by atoms with van der Waals surface area (Å²) in [6, 6.07) is 4.94. The number of nitrogens with one attached hydrogen (secondary N) is 1. The molecule has 0 unspecified atom stereocenters. The summed E-state index contributed by atoms with van der Waals surface area (Å²) in [5.41, 5.74) is 0.476. The van der Waals surface area contributed by atoms with E-state index in [0.29, 0.717) is 10.6 Å². The minimum Gasteiger partial charge on any atom is -0.392 e. The van der Waals surface area contributed by atoms with Gasteiger partial charge in [-0.1, -0.05) is 11.6 Å². The molecule has 0 aliphatic rings. The van der Waals surface area contributed by atoms with Crippen molar-refractivity contribution in [2.24, 2.45) is 0 Å². The van der Waals surface area contributed by atoms with Gasteiger partial charge < -0.3 is 10.4 Å². The molecule has 0 heterocycles. The second-order valence-electron chi connectivity index (χ2n) is 3.19. The molecule has 0 saturated carbocycles. The van der Waals surface area contributed by atoms with E-state index in [9.17, 15) is 4.79 Å². The van der Waals surface area contributed by atoms with Crippen molar-refractivity contribution in [1.82, 2.24) is 5.32 Å². The zero-order chi connectivity index (χ0) is 11.4. The number of amides is 1. The van der Waals surface area contributed by atoms with E-state index in [1.54, 1.807) is 25.1 Å². The second-order valence-corrected chi connectivity index (χ2v) is 4.45. The van der Waals surface area contributed by atoms with E-state index in [2.05, 4.69) is 21.2 Å². The molecule has 3 nitrogen and oxygen atoms in total. The molecule has 0 saturated heterocycles. The third-order valence-corrected chi connectivity index (χ3v) is 2.97. The highest BCUT2D eigenvalue weighted by Gasteiger charge is 2.08. The first-order chi connectivity index (χ1) is 7.00. The Kier molecular flexibility index (Phi) is 4.57. The van der Waals surface area contributed by atoms with E-state index in [1.807, 2.05) is 0 Å². The number of hydrogen-bond acceptors (Lipinski definition) is 2. The smallest absolute Gasteiger partial charge is 0.251 e. The van der Waals surface area contributed by atoms with Crippen LogP contribution in [-0.2, 0) is 0 Å². The molecule has 1 amide bonds. The molecule has 0 bridgehead atoms. The van der Waals surface area contributed by atoms with Gasteiger partial charge in [0.25, 0.3) is 5.91 Å². The fraction of sp³-hybridized carbons (Fsp3) is 0.300. The maximum Gasteiger partial charge on any atom is 0.251 e. The van der Waals surface area contributed by atoms with Crippen LogP contribution in [0.4, 0.5) is 0 Å². The predicted octanol–water partition coefficient (Wildman–Crippen LogP) is 2.21. The minimum absolute atomic E-state index is 0.229. The van der Waals surface area contributed by atoms with Crippen LogP contribution in [0.3, 0.4) is 0 Å². The van der Waals surface area contributed by atoms with Crippen molar-refractivity contribution >= 4 is 33.4 Å². The van der Waals surface area contributed by atoms with Gasteiger partial charge in [-0.25, -0.2) is 0 Å². The molecule has 15 heavy (non-hydrogen) atoms. The van der Waals surface area contributed by atoms with Crippen molar-refractivity contribution in [3.05, 3.63) is 33.3 Å². The van der Waals surface area contributed by atoms with Crippen molar-refractivity contribution in [3.8, 4) is 0 Å². The van der Waals surface area contributed by atoms with Gasteiger partial charge in [0, 0.05) is 16.6 Å². The summed E-state index contributed by atoms with van der Waals surface area (Å²) in [4.78, 5) is 11.5. The number of halogens is 2. The maximum atomic E-state index is 11.5. The number of hydrogen-bond donors (Lipinski definition) is 2. The topological polar surface area (TPSA) is 49.3 Å². The van der Waals surface area contributed by atoms with Crippen LogP contribution in [0.5, 0.6) is 0 Å². The first-order valence-corrected chi connectivity index (χ1v) is 5.59. The minimum atomic E-state index is -0.556. The number of benzene rings is 1. The van der Waals surface area contributed by atoms with E-state index in [1.165, 1.54) is 0 Å². The summed E-state index contributed by atoms with van der Waals surface area (Å²) >= 11 is 9.08. The lowest BCUT2D eigenvalue weighted by Gasteiger charge is -2.07. The van der Waals surface area contributed by atoms with Gasteiger partial charge >= 0.3 is 0 Å². The van der Waals surface area contributed by atoms with Crippen LogP contribution in [0.25, 0.3) is 0 Å². The fourth-order valence-electron chi connectivity index (χ4n) is 0.980. The third-order valence-electron chi connectivity index (χ3n) is 1.74. The Morgan fingerprint density at radius 3 is 2.87 bits per heavy atom. The molecule has 1 atom stereocenters. The zero-order valence-corrected chi connectivity index (χ0v) is 10.5. The van der Waals surface area contributed by atoms with Crippen LogP contribution in [0.2, 0.25) is 5.02 Å². The molecule has 1 aromatic rings. The molecule has 1 aromatic carbocycles. The monoisotopic (exact) mass is 291 g/mol. The molecule has 0 aliphatic carbocycles. The Morgan fingerprint density at radius 1 is 1.67 bits per heavy atom. The second kappa shape index (κ2) is 5.49. The first-order valence-electron chi connectivity index (χ1n) is 4.42. The van der Waals surface area contributed by atoms with Crippen LogP contribution >= 0.6 is 27.5 Å². The average molecular weight is 293 g/mol. The van der Waals surface area contributed by atoms with Crippen molar-refractivity contribution < 1.29 is 9.90 Å². The Bertz CT molecular complexity index is 368. The summed E-state index contributed by atoms with van der Waals surface area (Å²) < 4.78 is 0.747. The quantitative estimate of drug-likeness (QED) is 0.897. The average Bonchev–Trinajstić information content (AvgIpc) is 2.18. The summed E-state index contributed by atoms with van der Waals surface area (Å²) in [7, 11) is 0. The number of rotatable bonds is 3. The molecule has 5 heteroatoms. The highest BCUT2D eigenvalue weighted by molar-refractivity contribution is 9.10. The lowest BCUT2D eigenvalue weighted by molar-refractivity contribution is 0.0924. The van der Waals surface area contributed by atoms with E-state index in [-0.39, 0.29) is 12.5 Å². The van der Waals surface area contributed by atoms with Gasteiger partial charge in [0.05, 0.1) is 11.1 Å². The first kappa shape index (κ1) is 12.5. The van der Waals surface area contributed by atoms with Crippen LogP contribution in [0.1, 0.15) is 17.3 Å². The van der Waals surface area contributed by atoms with Crippen molar-refractivity contribution in [2.45, 2.75) is 13.0 Å². The normalized spacial score (nSPS) is 12.3. The molecular weight excluding hydrogens is 281 g/mol. The Balaban J connectivity index is 2.70. The molecule has 0 aromatic heterocycles. The van der Waals surface area contributed by atoms with Gasteiger partial charge in [-0.2, -0.15) is 0 Å². The van der Waals surface area contributed by atoms with Gasteiger partial charge in [0.1, 0.15) is 0 Å². The number of aliphatic hydroxyl groups is 1. The summed E-state index contributed by atoms with van der Waals surface area (Å²) in [6.45, 7) is 1.83. The van der Waals surface area contributed by atoms with E-state index in [0.717, 1.165) is 4.47 Å². The lowest BCUT2D eigenvalue weighted by Crippen LogP contribution is -2.30. The largest absolute Gasteiger partial charge is 0.392 e. The van der Waals surface area contributed by atoms with Crippen molar-refractivity contribution in [2.75, 3.05) is 6.54 Å². The fourth-order valence-corrected chi connectivity index (χ4v) is 1.41. The Hall–Kier alpha value is -0.580. The van der Waals surface area contributed by atoms with Gasteiger partial charge in [0.2, 0.25) is 0 Å². The summed E-state index contributed by atoms with van der Waals surface area (Å²) in [5, 5.41) is 12.1. The molecule has 82 valence electrons. The van der Waals surface area contributed by atoms with E-state index >= 15 is 0 Å². The SMILES string of the molecule is C[C@H](O)CNC(=O)c1ccc(Br)c(Cl)c1. The molecule has 0 radical (unpaired) electrons. The number of aliphatic hydroxyl groups excluding tert-OH is 1. The Morgan fingerprint density at radius 2 is 2.33 bits per heavy atom. The Labute approximate surface area is 102 Å². The van der Waals surface area contributed by atoms with Gasteiger partial charge in [0.15, 0.2) is 0 Å². The third kappa shape index (κ3) is 3.81. The van der Waals surface area contributed by atoms with Crippen LogP contribution in [0.15, 0.2) is 22.7 Å². The van der Waals surface area contributed by atoms with Crippen LogP contribution in [0, 0.1) is 0 Å². The molecule has 1 rings (SSSR count). The standard InChI is InChI=1S/C10H11BrClNO2/c1-6(14)5-13-10(15)7-2-3-8(11)9(12)4-7/h2-4,6,14H,5H2,1H3,(H,13,15)/t6-/m0/s1. The highest BCUT2D eigenvalue weighted by atomic mass is 79.9. The van der Waals surface area contributed by atoms with Crippen molar-refractivity contribution in [1.29, 1.82) is 0 Å². The lowest BCUT2D eigenvalue weighted by atomic mass is 10.2. The van der Waals surface area contributed by atoms with Gasteiger partial charge in [-0.3, -0.25) is 4.79 Å². The predicted molar refractivity (Wildman–Crippen MR) is 63.2 cm³/mol. The molecule has 0 aliphatic heterocycles. The van der Waals surface area contributed by atoms with Crippen LogP contribution in [-0.4, -0.2) is 23.7 Å². The van der Waals surface area contributed by atoms with Gasteiger partial charge in [-0.05, 0) is 41.1 Å². The van der Waals surface area contributed by atoms with Gasteiger partial charge in [-0.15, -0.1) is 0 Å². The highest BCUT2D eigenvalue weighted by Crippen LogP contribution is 2.22. The summed E-state index contributed by atoms with van der Waals surface area (Å²) in [6.07, 6.45) is -0.556.